The standard InChI is InChI=1S/C9H12BrNO2/c1-4-13-8(12)7(6-11)5-9(2,3)10/h5H,4H2,1-3H3/b7-5+. The van der Waals surface area contributed by atoms with Crippen molar-refractivity contribution in [2.24, 2.45) is 0 Å². The van der Waals surface area contributed by atoms with Crippen molar-refractivity contribution >= 4 is 21.9 Å². The van der Waals surface area contributed by atoms with Gasteiger partial charge in [0.25, 0.3) is 0 Å². The van der Waals surface area contributed by atoms with Crippen molar-refractivity contribution in [1.82, 2.24) is 0 Å². The van der Waals surface area contributed by atoms with E-state index >= 15 is 0 Å². The number of carbonyl (C=O) groups excluding carboxylic acids is 1. The molecule has 0 heterocycles. The molecule has 0 bridgehead atoms. The first-order valence-corrected chi connectivity index (χ1v) is 4.69. The summed E-state index contributed by atoms with van der Waals surface area (Å²) >= 11 is 3.30. The highest BCUT2D eigenvalue weighted by Crippen LogP contribution is 2.19. The van der Waals surface area contributed by atoms with Crippen LogP contribution >= 0.6 is 15.9 Å². The maximum absolute atomic E-state index is 11.1. The summed E-state index contributed by atoms with van der Waals surface area (Å²) in [7, 11) is 0. The van der Waals surface area contributed by atoms with Gasteiger partial charge in [0.15, 0.2) is 0 Å². The highest BCUT2D eigenvalue weighted by molar-refractivity contribution is 9.10. The Morgan fingerprint density at radius 3 is 2.54 bits per heavy atom. The molecular weight excluding hydrogens is 234 g/mol. The monoisotopic (exact) mass is 245 g/mol. The summed E-state index contributed by atoms with van der Waals surface area (Å²) in [5.41, 5.74) is 0.0312. The first kappa shape index (κ1) is 12.2. The summed E-state index contributed by atoms with van der Waals surface area (Å²) in [5, 5.41) is 8.65. The zero-order chi connectivity index (χ0) is 10.5. The van der Waals surface area contributed by atoms with Crippen LogP contribution < -0.4 is 0 Å². The third kappa shape index (κ3) is 5.42. The van der Waals surface area contributed by atoms with Crippen molar-refractivity contribution in [1.29, 1.82) is 5.26 Å². The fraction of sp³-hybridized carbons (Fsp3) is 0.556. The number of ether oxygens (including phenoxy) is 1. The number of hydrogen-bond donors (Lipinski definition) is 0. The molecule has 0 aliphatic carbocycles. The van der Waals surface area contributed by atoms with Gasteiger partial charge in [-0.3, -0.25) is 0 Å². The summed E-state index contributed by atoms with van der Waals surface area (Å²) in [6.45, 7) is 5.65. The molecule has 4 heteroatoms. The van der Waals surface area contributed by atoms with Gasteiger partial charge in [-0.25, -0.2) is 4.79 Å². The molecule has 0 aromatic carbocycles. The van der Waals surface area contributed by atoms with Crippen molar-refractivity contribution in [3.05, 3.63) is 11.6 Å². The van der Waals surface area contributed by atoms with Crippen molar-refractivity contribution in [2.45, 2.75) is 25.1 Å². The van der Waals surface area contributed by atoms with Gasteiger partial charge >= 0.3 is 5.97 Å². The second-order valence-corrected chi connectivity index (χ2v) is 5.00. The molecule has 13 heavy (non-hydrogen) atoms. The van der Waals surface area contributed by atoms with Gasteiger partial charge in [-0.2, -0.15) is 5.26 Å². The summed E-state index contributed by atoms with van der Waals surface area (Å²) in [6, 6.07) is 1.80. The predicted octanol–water partition coefficient (Wildman–Crippen LogP) is 2.17. The largest absolute Gasteiger partial charge is 0.462 e. The van der Waals surface area contributed by atoms with E-state index in [1.165, 1.54) is 6.08 Å². The van der Waals surface area contributed by atoms with E-state index in [1.54, 1.807) is 13.0 Å². The molecule has 0 unspecified atom stereocenters. The fourth-order valence-electron chi connectivity index (χ4n) is 0.689. The number of nitrogens with zero attached hydrogens (tertiary/aromatic N) is 1. The molecule has 0 aromatic rings. The number of allylic oxidation sites excluding steroid dienone is 1. The lowest BCUT2D eigenvalue weighted by atomic mass is 10.1. The first-order chi connectivity index (χ1) is 5.90. The Bertz CT molecular complexity index is 258. The average molecular weight is 246 g/mol. The Hall–Kier alpha value is -0.820. The lowest BCUT2D eigenvalue weighted by Gasteiger charge is -2.09. The normalized spacial score (nSPS) is 12.1. The molecule has 0 rings (SSSR count). The van der Waals surface area contributed by atoms with Crippen molar-refractivity contribution in [3.63, 3.8) is 0 Å². The molecule has 0 N–H and O–H groups in total. The number of hydrogen-bond acceptors (Lipinski definition) is 3. The van der Waals surface area contributed by atoms with Crippen LogP contribution in [0, 0.1) is 11.3 Å². The summed E-state index contributed by atoms with van der Waals surface area (Å²) in [6.07, 6.45) is 1.53. The molecule has 0 amide bonds. The number of nitriles is 1. The van der Waals surface area contributed by atoms with Crippen LogP contribution in [0.15, 0.2) is 11.6 Å². The minimum Gasteiger partial charge on any atom is -0.462 e. The molecule has 0 saturated heterocycles. The highest BCUT2D eigenvalue weighted by Gasteiger charge is 2.16. The van der Waals surface area contributed by atoms with Crippen LogP contribution in [0.3, 0.4) is 0 Å². The number of alkyl halides is 1. The van der Waals surface area contributed by atoms with Gasteiger partial charge in [0.1, 0.15) is 11.6 Å². The Balaban J connectivity index is 4.64. The second-order valence-electron chi connectivity index (χ2n) is 2.95. The lowest BCUT2D eigenvalue weighted by molar-refractivity contribution is -0.138. The molecule has 72 valence electrons. The second kappa shape index (κ2) is 5.03. The smallest absolute Gasteiger partial charge is 0.348 e. The Labute approximate surface area is 86.5 Å². The molecule has 3 nitrogen and oxygen atoms in total. The van der Waals surface area contributed by atoms with Crippen LogP contribution in [0.1, 0.15) is 20.8 Å². The molecule has 0 radical (unpaired) electrons. The number of halogens is 1. The molecule has 0 saturated carbocycles. The highest BCUT2D eigenvalue weighted by atomic mass is 79.9. The van der Waals surface area contributed by atoms with Crippen LogP contribution in [0.4, 0.5) is 0 Å². The van der Waals surface area contributed by atoms with Gasteiger partial charge < -0.3 is 4.74 Å². The summed E-state index contributed by atoms with van der Waals surface area (Å²) in [4.78, 5) is 11.1. The van der Waals surface area contributed by atoms with Crippen LogP contribution in [-0.2, 0) is 9.53 Å². The van der Waals surface area contributed by atoms with E-state index in [0.717, 1.165) is 0 Å². The third-order valence-corrected chi connectivity index (χ3v) is 1.33. The van der Waals surface area contributed by atoms with E-state index in [9.17, 15) is 4.79 Å². The first-order valence-electron chi connectivity index (χ1n) is 3.89. The molecule has 0 atom stereocenters. The number of carbonyl (C=O) groups is 1. The Morgan fingerprint density at radius 2 is 2.23 bits per heavy atom. The minimum atomic E-state index is -0.572. The van der Waals surface area contributed by atoms with E-state index in [4.69, 9.17) is 10.00 Å². The molecule has 0 fully saturated rings. The summed E-state index contributed by atoms with van der Waals surface area (Å²) in [5.74, 6) is -0.572. The minimum absolute atomic E-state index is 0.0312. The molecule has 0 spiro atoms. The van der Waals surface area contributed by atoms with Gasteiger partial charge in [-0.1, -0.05) is 15.9 Å². The maximum atomic E-state index is 11.1. The van der Waals surface area contributed by atoms with Crippen LogP contribution in [0.5, 0.6) is 0 Å². The van der Waals surface area contributed by atoms with Crippen LogP contribution in [-0.4, -0.2) is 16.9 Å². The van der Waals surface area contributed by atoms with E-state index in [0.29, 0.717) is 0 Å². The van der Waals surface area contributed by atoms with E-state index in [2.05, 4.69) is 15.9 Å². The fourth-order valence-corrected chi connectivity index (χ4v) is 0.918. The average Bonchev–Trinajstić information content (AvgIpc) is 1.99. The SMILES string of the molecule is CCOC(=O)/C(C#N)=C/C(C)(C)Br. The van der Waals surface area contributed by atoms with Gasteiger partial charge in [0.05, 0.1) is 6.61 Å². The molecule has 0 aromatic heterocycles. The Morgan fingerprint density at radius 1 is 1.69 bits per heavy atom. The molecular formula is C9H12BrNO2. The van der Waals surface area contributed by atoms with E-state index in [-0.39, 0.29) is 16.5 Å². The summed E-state index contributed by atoms with van der Waals surface area (Å²) < 4.78 is 4.32. The van der Waals surface area contributed by atoms with Crippen LogP contribution in [0.2, 0.25) is 0 Å². The van der Waals surface area contributed by atoms with E-state index in [1.807, 2.05) is 13.8 Å². The van der Waals surface area contributed by atoms with Gasteiger partial charge in [0.2, 0.25) is 0 Å². The predicted molar refractivity (Wildman–Crippen MR) is 53.3 cm³/mol. The maximum Gasteiger partial charge on any atom is 0.348 e. The molecule has 0 aliphatic rings. The van der Waals surface area contributed by atoms with Gasteiger partial charge in [0, 0.05) is 4.32 Å². The van der Waals surface area contributed by atoms with Crippen molar-refractivity contribution in [2.75, 3.05) is 6.61 Å². The zero-order valence-corrected chi connectivity index (χ0v) is 9.51. The number of esters is 1. The topological polar surface area (TPSA) is 50.1 Å². The van der Waals surface area contributed by atoms with Gasteiger partial charge in [-0.05, 0) is 26.8 Å². The molecule has 0 aliphatic heterocycles. The Kier molecular flexibility index (Phi) is 4.71. The third-order valence-electron chi connectivity index (χ3n) is 1.10. The van der Waals surface area contributed by atoms with Crippen LogP contribution in [0.25, 0.3) is 0 Å². The van der Waals surface area contributed by atoms with E-state index < -0.39 is 5.97 Å². The quantitative estimate of drug-likeness (QED) is 0.332. The number of rotatable bonds is 3. The lowest BCUT2D eigenvalue weighted by Crippen LogP contribution is -2.12. The van der Waals surface area contributed by atoms with Crippen molar-refractivity contribution < 1.29 is 9.53 Å². The zero-order valence-electron chi connectivity index (χ0n) is 7.93. The van der Waals surface area contributed by atoms with Gasteiger partial charge in [-0.15, -0.1) is 0 Å². The van der Waals surface area contributed by atoms with Crippen molar-refractivity contribution in [3.8, 4) is 6.07 Å².